The predicted octanol–water partition coefficient (Wildman–Crippen LogP) is 1.17. The lowest BCUT2D eigenvalue weighted by atomic mass is 10.2. The molecule has 0 aliphatic carbocycles. The molecule has 0 aromatic heterocycles. The van der Waals surface area contributed by atoms with E-state index in [-0.39, 0.29) is 22.9 Å². The van der Waals surface area contributed by atoms with Crippen LogP contribution in [0.15, 0.2) is 29.2 Å². The number of benzene rings is 1. The Labute approximate surface area is 151 Å². The molecular formula is C15H21ClN2O6S. The smallest absolute Gasteiger partial charge is 0.303 e. The van der Waals surface area contributed by atoms with E-state index in [1.165, 1.54) is 24.3 Å². The number of aliphatic carboxylic acids is 1. The monoisotopic (exact) mass is 392 g/mol. The molecule has 0 fully saturated rings. The third-order valence-electron chi connectivity index (χ3n) is 3.39. The number of halogens is 1. The number of aliphatic hydroxyl groups excluding tert-OH is 1. The minimum atomic E-state index is -4.10. The van der Waals surface area contributed by atoms with Crippen molar-refractivity contribution in [3.05, 3.63) is 29.3 Å². The molecule has 0 spiro atoms. The van der Waals surface area contributed by atoms with Crippen LogP contribution in [-0.4, -0.2) is 47.6 Å². The Balaban J connectivity index is 2.92. The van der Waals surface area contributed by atoms with Crippen LogP contribution in [-0.2, 0) is 19.6 Å². The van der Waals surface area contributed by atoms with E-state index in [0.717, 1.165) is 4.31 Å². The lowest BCUT2D eigenvalue weighted by molar-refractivity contribution is -0.137. The van der Waals surface area contributed by atoms with Crippen LogP contribution in [0.5, 0.6) is 0 Å². The van der Waals surface area contributed by atoms with E-state index in [0.29, 0.717) is 19.3 Å². The van der Waals surface area contributed by atoms with Gasteiger partial charge in [-0.25, -0.2) is 8.42 Å². The van der Waals surface area contributed by atoms with Crippen LogP contribution < -0.4 is 5.73 Å². The number of hydrogen-bond donors (Lipinski definition) is 3. The summed E-state index contributed by atoms with van der Waals surface area (Å²) >= 11 is 5.82. The summed E-state index contributed by atoms with van der Waals surface area (Å²) < 4.78 is 26.3. The van der Waals surface area contributed by atoms with E-state index in [1.54, 1.807) is 0 Å². The average Bonchev–Trinajstić information content (AvgIpc) is 2.49. The van der Waals surface area contributed by atoms with E-state index in [1.807, 2.05) is 0 Å². The molecule has 8 nitrogen and oxygen atoms in total. The Morgan fingerprint density at radius 1 is 1.24 bits per heavy atom. The molecule has 0 saturated carbocycles. The van der Waals surface area contributed by atoms with E-state index in [2.05, 4.69) is 0 Å². The molecule has 1 amide bonds. The molecule has 25 heavy (non-hydrogen) atoms. The number of sulfonamides is 1. The van der Waals surface area contributed by atoms with Crippen molar-refractivity contribution in [3.8, 4) is 0 Å². The Hall–Kier alpha value is -1.68. The molecule has 10 heteroatoms. The first-order chi connectivity index (χ1) is 11.6. The minimum Gasteiger partial charge on any atom is -0.481 e. The van der Waals surface area contributed by atoms with Gasteiger partial charge in [-0.15, -0.1) is 0 Å². The number of rotatable bonds is 11. The number of amides is 1. The second kappa shape index (κ2) is 9.71. The standard InChI is InChI=1S/C15H21ClN2O6S/c16-11-5-4-6-12(9-11)25(23,24)18(14(20)10-13(17)19)8-3-1-2-7-15(21)22/h4-6,9,14,20H,1-3,7-8,10H2,(H2,17,19)(H,21,22). The van der Waals surface area contributed by atoms with Crippen molar-refractivity contribution in [1.29, 1.82) is 0 Å². The van der Waals surface area contributed by atoms with Crippen molar-refractivity contribution in [1.82, 2.24) is 4.31 Å². The summed E-state index contributed by atoms with van der Waals surface area (Å²) in [6, 6.07) is 5.54. The highest BCUT2D eigenvalue weighted by molar-refractivity contribution is 7.89. The Kier molecular flexibility index (Phi) is 8.30. The van der Waals surface area contributed by atoms with Gasteiger partial charge in [-0.3, -0.25) is 9.59 Å². The lowest BCUT2D eigenvalue weighted by Gasteiger charge is -2.26. The molecule has 1 aromatic rings. The summed E-state index contributed by atoms with van der Waals surface area (Å²) in [5.74, 6) is -1.78. The summed E-state index contributed by atoms with van der Waals surface area (Å²) in [6.45, 7) is -0.0804. The maximum Gasteiger partial charge on any atom is 0.303 e. The van der Waals surface area contributed by atoms with Crippen LogP contribution in [0.2, 0.25) is 5.02 Å². The number of nitrogens with two attached hydrogens (primary N) is 1. The van der Waals surface area contributed by atoms with Gasteiger partial charge < -0.3 is 15.9 Å². The summed E-state index contributed by atoms with van der Waals surface area (Å²) in [5, 5.41) is 18.9. The molecule has 1 unspecified atom stereocenters. The molecule has 1 aromatic carbocycles. The number of hydrogen-bond acceptors (Lipinski definition) is 5. The first-order valence-corrected chi connectivity index (χ1v) is 9.42. The predicted molar refractivity (Wildman–Crippen MR) is 91.3 cm³/mol. The van der Waals surface area contributed by atoms with Crippen molar-refractivity contribution in [2.75, 3.05) is 6.54 Å². The average molecular weight is 393 g/mol. The lowest BCUT2D eigenvalue weighted by Crippen LogP contribution is -2.43. The number of carboxylic acids is 1. The van der Waals surface area contributed by atoms with Gasteiger partial charge in [0, 0.05) is 18.0 Å². The summed E-state index contributed by atoms with van der Waals surface area (Å²) in [4.78, 5) is 21.4. The van der Waals surface area contributed by atoms with Crippen LogP contribution in [0.1, 0.15) is 32.1 Å². The second-order valence-corrected chi connectivity index (χ2v) is 7.76. The fraction of sp³-hybridized carbons (Fsp3) is 0.467. The highest BCUT2D eigenvalue weighted by Gasteiger charge is 2.31. The van der Waals surface area contributed by atoms with Gasteiger partial charge in [-0.2, -0.15) is 4.31 Å². The highest BCUT2D eigenvalue weighted by Crippen LogP contribution is 2.22. The normalized spacial score (nSPS) is 12.9. The Bertz CT molecular complexity index is 710. The number of primary amides is 1. The van der Waals surface area contributed by atoms with E-state index in [4.69, 9.17) is 22.4 Å². The van der Waals surface area contributed by atoms with Crippen LogP contribution in [0.25, 0.3) is 0 Å². The second-order valence-electron chi connectivity index (χ2n) is 5.43. The minimum absolute atomic E-state index is 0.0229. The fourth-order valence-electron chi connectivity index (χ4n) is 2.19. The topological polar surface area (TPSA) is 138 Å². The molecule has 0 aliphatic heterocycles. The number of nitrogens with zero attached hydrogens (tertiary/aromatic N) is 1. The maximum atomic E-state index is 12.7. The first kappa shape index (κ1) is 21.4. The maximum absolute atomic E-state index is 12.7. The molecular weight excluding hydrogens is 372 g/mol. The number of aliphatic hydroxyl groups is 1. The van der Waals surface area contributed by atoms with Crippen molar-refractivity contribution >= 4 is 33.5 Å². The van der Waals surface area contributed by atoms with Gasteiger partial charge in [0.25, 0.3) is 0 Å². The van der Waals surface area contributed by atoms with E-state index < -0.39 is 34.5 Å². The van der Waals surface area contributed by atoms with E-state index >= 15 is 0 Å². The molecule has 4 N–H and O–H groups in total. The molecule has 0 heterocycles. The van der Waals surface area contributed by atoms with Crippen molar-refractivity contribution < 1.29 is 28.2 Å². The fourth-order valence-corrected chi connectivity index (χ4v) is 4.01. The van der Waals surface area contributed by atoms with Crippen molar-refractivity contribution in [2.45, 2.75) is 43.2 Å². The first-order valence-electron chi connectivity index (χ1n) is 7.60. The molecule has 1 rings (SSSR count). The number of carbonyl (C=O) groups is 2. The van der Waals surface area contributed by atoms with Crippen molar-refractivity contribution in [2.24, 2.45) is 5.73 Å². The van der Waals surface area contributed by atoms with Crippen molar-refractivity contribution in [3.63, 3.8) is 0 Å². The summed E-state index contributed by atoms with van der Waals surface area (Å²) in [5.41, 5.74) is 5.04. The van der Waals surface area contributed by atoms with Gasteiger partial charge >= 0.3 is 5.97 Å². The Morgan fingerprint density at radius 2 is 1.92 bits per heavy atom. The van der Waals surface area contributed by atoms with Gasteiger partial charge in [-0.1, -0.05) is 24.1 Å². The zero-order chi connectivity index (χ0) is 19.0. The van der Waals surface area contributed by atoms with Crippen LogP contribution in [0.3, 0.4) is 0 Å². The summed E-state index contributed by atoms with van der Waals surface area (Å²) in [7, 11) is -4.10. The van der Waals surface area contributed by atoms with Gasteiger partial charge in [0.1, 0.15) is 6.23 Å². The van der Waals surface area contributed by atoms with Crippen LogP contribution in [0, 0.1) is 0 Å². The highest BCUT2D eigenvalue weighted by atomic mass is 35.5. The third-order valence-corrected chi connectivity index (χ3v) is 5.52. The molecule has 0 radical (unpaired) electrons. The zero-order valence-electron chi connectivity index (χ0n) is 13.5. The Morgan fingerprint density at radius 3 is 2.48 bits per heavy atom. The molecule has 140 valence electrons. The number of carbonyl (C=O) groups excluding carboxylic acids is 1. The van der Waals surface area contributed by atoms with Crippen LogP contribution in [0.4, 0.5) is 0 Å². The summed E-state index contributed by atoms with van der Waals surface area (Å²) in [6.07, 6.45) is -1.02. The zero-order valence-corrected chi connectivity index (χ0v) is 15.0. The van der Waals surface area contributed by atoms with Gasteiger partial charge in [-0.05, 0) is 31.0 Å². The molecule has 0 saturated heterocycles. The van der Waals surface area contributed by atoms with Crippen LogP contribution >= 0.6 is 11.6 Å². The number of carboxylic acid groups (broad SMARTS) is 1. The molecule has 0 aliphatic rings. The molecule has 0 bridgehead atoms. The van der Waals surface area contributed by atoms with Gasteiger partial charge in [0.2, 0.25) is 15.9 Å². The number of unbranched alkanes of at least 4 members (excludes halogenated alkanes) is 2. The SMILES string of the molecule is NC(=O)CC(O)N(CCCCCC(=O)O)S(=O)(=O)c1cccc(Cl)c1. The largest absolute Gasteiger partial charge is 0.481 e. The quantitative estimate of drug-likeness (QED) is 0.381. The van der Waals surface area contributed by atoms with Gasteiger partial charge in [0.05, 0.1) is 11.3 Å². The van der Waals surface area contributed by atoms with E-state index in [9.17, 15) is 23.1 Å². The molecule has 1 atom stereocenters. The van der Waals surface area contributed by atoms with Gasteiger partial charge in [0.15, 0.2) is 0 Å². The third kappa shape index (κ3) is 6.99.